The van der Waals surface area contributed by atoms with E-state index in [0.29, 0.717) is 39.8 Å². The number of hydrogen-bond acceptors (Lipinski definition) is 8. The minimum Gasteiger partial charge on any atom is -0.494 e. The lowest BCUT2D eigenvalue weighted by Crippen LogP contribution is -2.43. The molecule has 0 aliphatic heterocycles. The van der Waals surface area contributed by atoms with Crippen molar-refractivity contribution in [2.45, 2.75) is 18.4 Å². The van der Waals surface area contributed by atoms with Crippen LogP contribution in [0.2, 0.25) is 5.02 Å². The fraction of sp³-hybridized carbons (Fsp3) is 0.259. The van der Waals surface area contributed by atoms with E-state index in [2.05, 4.69) is 20.4 Å². The first-order valence-electron chi connectivity index (χ1n) is 12.0. The summed E-state index contributed by atoms with van der Waals surface area (Å²) in [6.07, 6.45) is 4.26. The Kier molecular flexibility index (Phi) is 7.36. The largest absolute Gasteiger partial charge is 0.494 e. The average Bonchev–Trinajstić information content (AvgIpc) is 3.70. The maximum atomic E-state index is 13.8. The molecule has 10 nitrogen and oxygen atoms in total. The predicted molar refractivity (Wildman–Crippen MR) is 139 cm³/mol. The number of carbonyl (C=O) groups is 1. The number of amides is 1. The summed E-state index contributed by atoms with van der Waals surface area (Å²) in [6, 6.07) is 12.3. The molecule has 2 N–H and O–H groups in total. The van der Waals surface area contributed by atoms with Gasteiger partial charge in [-0.2, -0.15) is 0 Å². The number of aromatic nitrogens is 4. The summed E-state index contributed by atoms with van der Waals surface area (Å²) in [5.41, 5.74) is 0.148. The number of nitrogens with zero attached hydrogens (tertiary/aromatic N) is 4. The van der Waals surface area contributed by atoms with Gasteiger partial charge in [0.25, 0.3) is 5.91 Å². The lowest BCUT2D eigenvalue weighted by atomic mass is 9.92. The van der Waals surface area contributed by atoms with Crippen LogP contribution in [0.5, 0.6) is 17.2 Å². The van der Waals surface area contributed by atoms with Crippen molar-refractivity contribution in [2.24, 2.45) is 5.92 Å². The number of methoxy groups -OCH3 is 2. The van der Waals surface area contributed by atoms with E-state index in [1.807, 2.05) is 0 Å². The molecule has 1 aliphatic carbocycles. The second kappa shape index (κ2) is 10.9. The van der Waals surface area contributed by atoms with Crippen LogP contribution >= 0.6 is 11.6 Å². The average molecular weight is 554 g/mol. The molecule has 1 aliphatic rings. The van der Waals surface area contributed by atoms with Gasteiger partial charge in [-0.1, -0.05) is 16.4 Å². The van der Waals surface area contributed by atoms with Crippen molar-refractivity contribution in [2.75, 3.05) is 20.8 Å². The first-order chi connectivity index (χ1) is 18.8. The SMILES string of the molecule is COc1cc(C(=O)NCC(O)(c2ccc(OC)c(-c3ccc(F)c(Cl)c3)n2)C2CC2)ccc1On1cncn1. The van der Waals surface area contributed by atoms with Crippen LogP contribution in [0.1, 0.15) is 28.9 Å². The number of aliphatic hydroxyl groups is 1. The molecule has 0 spiro atoms. The quantitative estimate of drug-likeness (QED) is 0.302. The van der Waals surface area contributed by atoms with Crippen molar-refractivity contribution in [3.05, 3.63) is 83.3 Å². The summed E-state index contributed by atoms with van der Waals surface area (Å²) in [5, 5.41) is 18.4. The van der Waals surface area contributed by atoms with E-state index in [0.717, 1.165) is 17.7 Å². The predicted octanol–water partition coefficient (Wildman–Crippen LogP) is 4.02. The van der Waals surface area contributed by atoms with E-state index in [1.54, 1.807) is 24.3 Å². The Balaban J connectivity index is 1.38. The summed E-state index contributed by atoms with van der Waals surface area (Å²) in [5.74, 6) is 0.0151. The number of nitrogens with one attached hydrogen (secondary N) is 1. The van der Waals surface area contributed by atoms with Crippen LogP contribution in [0.4, 0.5) is 4.39 Å². The molecule has 4 aromatic rings. The van der Waals surface area contributed by atoms with Crippen molar-refractivity contribution in [1.29, 1.82) is 0 Å². The number of ether oxygens (including phenoxy) is 2. The lowest BCUT2D eigenvalue weighted by molar-refractivity contribution is 0.00952. The summed E-state index contributed by atoms with van der Waals surface area (Å²) < 4.78 is 24.6. The van der Waals surface area contributed by atoms with Crippen LogP contribution in [0.3, 0.4) is 0 Å². The highest BCUT2D eigenvalue weighted by atomic mass is 35.5. The summed E-state index contributed by atoms with van der Waals surface area (Å²) in [6.45, 7) is -0.0844. The maximum Gasteiger partial charge on any atom is 0.251 e. The Labute approximate surface area is 228 Å². The number of hydrogen-bond donors (Lipinski definition) is 2. The summed E-state index contributed by atoms with van der Waals surface area (Å²) in [7, 11) is 2.95. The van der Waals surface area contributed by atoms with Crippen LogP contribution in [-0.2, 0) is 5.60 Å². The van der Waals surface area contributed by atoms with Gasteiger partial charge in [0.2, 0.25) is 0 Å². The minimum absolute atomic E-state index is 0.0559. The van der Waals surface area contributed by atoms with Crippen LogP contribution in [0, 0.1) is 11.7 Å². The highest BCUT2D eigenvalue weighted by Crippen LogP contribution is 2.46. The maximum absolute atomic E-state index is 13.8. The second-order valence-corrected chi connectivity index (χ2v) is 9.42. The third-order valence-corrected chi connectivity index (χ3v) is 6.79. The molecule has 0 bridgehead atoms. The van der Waals surface area contributed by atoms with E-state index >= 15 is 0 Å². The zero-order valence-corrected chi connectivity index (χ0v) is 21.9. The normalized spacial score (nSPS) is 14.4. The van der Waals surface area contributed by atoms with Gasteiger partial charge in [0.05, 0.1) is 31.5 Å². The van der Waals surface area contributed by atoms with Crippen molar-refractivity contribution in [3.8, 4) is 28.5 Å². The Bertz CT molecular complexity index is 1500. The van der Waals surface area contributed by atoms with Gasteiger partial charge in [0.1, 0.15) is 29.2 Å². The van der Waals surface area contributed by atoms with Gasteiger partial charge in [-0.3, -0.25) is 4.79 Å². The van der Waals surface area contributed by atoms with E-state index in [9.17, 15) is 14.3 Å². The number of carbonyl (C=O) groups excluding carboxylic acids is 1. The van der Waals surface area contributed by atoms with Gasteiger partial charge in [0, 0.05) is 11.1 Å². The van der Waals surface area contributed by atoms with Gasteiger partial charge in [-0.05, 0) is 67.3 Å². The third-order valence-electron chi connectivity index (χ3n) is 6.50. The lowest BCUT2D eigenvalue weighted by Gasteiger charge is -2.29. The van der Waals surface area contributed by atoms with Gasteiger partial charge in [-0.25, -0.2) is 14.4 Å². The van der Waals surface area contributed by atoms with E-state index < -0.39 is 17.3 Å². The van der Waals surface area contributed by atoms with Crippen LogP contribution in [0.25, 0.3) is 11.3 Å². The summed E-state index contributed by atoms with van der Waals surface area (Å²) >= 11 is 5.99. The smallest absolute Gasteiger partial charge is 0.251 e. The minimum atomic E-state index is -1.44. The number of halogens is 2. The molecule has 1 atom stereocenters. The number of benzene rings is 2. The Morgan fingerprint density at radius 1 is 1.13 bits per heavy atom. The molecule has 2 aromatic carbocycles. The van der Waals surface area contributed by atoms with Gasteiger partial charge >= 0.3 is 0 Å². The van der Waals surface area contributed by atoms with Crippen molar-refractivity contribution >= 4 is 17.5 Å². The fourth-order valence-electron chi connectivity index (χ4n) is 4.25. The highest BCUT2D eigenvalue weighted by Gasteiger charge is 2.46. The van der Waals surface area contributed by atoms with Crippen LogP contribution in [-0.4, -0.2) is 51.7 Å². The molecule has 0 saturated heterocycles. The van der Waals surface area contributed by atoms with Crippen LogP contribution < -0.4 is 19.6 Å². The molecule has 12 heteroatoms. The molecule has 39 heavy (non-hydrogen) atoms. The monoisotopic (exact) mass is 553 g/mol. The van der Waals surface area contributed by atoms with E-state index in [4.69, 9.17) is 25.9 Å². The first-order valence-corrected chi connectivity index (χ1v) is 12.4. The Morgan fingerprint density at radius 3 is 2.56 bits per heavy atom. The zero-order valence-electron chi connectivity index (χ0n) is 21.1. The Morgan fingerprint density at radius 2 is 1.90 bits per heavy atom. The third kappa shape index (κ3) is 5.50. The second-order valence-electron chi connectivity index (χ2n) is 9.01. The molecular weight excluding hydrogens is 529 g/mol. The molecule has 2 heterocycles. The molecule has 1 amide bonds. The fourth-order valence-corrected chi connectivity index (χ4v) is 4.43. The van der Waals surface area contributed by atoms with Gasteiger partial charge in [0.15, 0.2) is 17.8 Å². The molecule has 1 saturated carbocycles. The first kappa shape index (κ1) is 26.4. The highest BCUT2D eigenvalue weighted by molar-refractivity contribution is 6.31. The van der Waals surface area contributed by atoms with Gasteiger partial charge < -0.3 is 24.7 Å². The van der Waals surface area contributed by atoms with Crippen molar-refractivity contribution in [3.63, 3.8) is 0 Å². The molecule has 1 unspecified atom stereocenters. The van der Waals surface area contributed by atoms with E-state index in [1.165, 1.54) is 51.1 Å². The molecule has 0 radical (unpaired) electrons. The molecular formula is C27H25ClFN5O5. The molecule has 202 valence electrons. The molecule has 1 fully saturated rings. The molecule has 5 rings (SSSR count). The number of pyridine rings is 1. The standard InChI is InChI=1S/C27H25ClFN5O5/c1-37-22-9-10-24(33-25(22)16-3-7-20(29)19(28)11-16)27(36,18-5-6-18)13-31-26(35)17-4-8-21(23(12-17)38-2)39-34-15-30-14-32-34/h3-4,7-12,14-15,18,36H,5-6,13H2,1-2H3,(H,31,35). The Hall–Kier alpha value is -4.22. The van der Waals surface area contributed by atoms with E-state index in [-0.39, 0.29) is 17.5 Å². The molecule has 2 aromatic heterocycles. The van der Waals surface area contributed by atoms with Gasteiger partial charge in [-0.15, -0.1) is 5.10 Å². The van der Waals surface area contributed by atoms with Crippen LogP contribution in [0.15, 0.2) is 61.2 Å². The topological polar surface area (TPSA) is 121 Å². The zero-order chi connectivity index (χ0) is 27.6. The number of rotatable bonds is 10. The van der Waals surface area contributed by atoms with Crippen molar-refractivity contribution < 1.29 is 28.6 Å². The summed E-state index contributed by atoms with van der Waals surface area (Å²) in [4.78, 5) is 28.3. The van der Waals surface area contributed by atoms with Crippen molar-refractivity contribution in [1.82, 2.24) is 25.2 Å².